The minimum atomic E-state index is -0.302. The average Bonchev–Trinajstić information content (AvgIpc) is 2.78. The number of carbonyl (C=O) groups is 1. The number of halogens is 1. The number of amides is 1. The van der Waals surface area contributed by atoms with E-state index < -0.39 is 0 Å². The third-order valence-corrected chi connectivity index (χ3v) is 3.38. The molecule has 0 aliphatic rings. The van der Waals surface area contributed by atoms with Crippen molar-refractivity contribution in [1.29, 1.82) is 0 Å². The van der Waals surface area contributed by atoms with Gasteiger partial charge in [-0.25, -0.2) is 0 Å². The number of aromatic hydroxyl groups is 1. The number of benzene rings is 1. The van der Waals surface area contributed by atoms with E-state index in [1.54, 1.807) is 23.8 Å². The lowest BCUT2D eigenvalue weighted by atomic mass is 10.2. The van der Waals surface area contributed by atoms with E-state index in [-0.39, 0.29) is 17.2 Å². The molecule has 0 unspecified atom stereocenters. The first-order valence-corrected chi connectivity index (χ1v) is 6.48. The van der Waals surface area contributed by atoms with E-state index in [1.807, 2.05) is 0 Å². The van der Waals surface area contributed by atoms with Crippen LogP contribution in [0.3, 0.4) is 0 Å². The molecule has 0 saturated heterocycles. The van der Waals surface area contributed by atoms with Crippen LogP contribution in [-0.2, 0) is 6.54 Å². The number of phenols is 1. The molecule has 1 amide bonds. The molecule has 0 bridgehead atoms. The van der Waals surface area contributed by atoms with Gasteiger partial charge in [-0.05, 0) is 18.2 Å². The Bertz CT molecular complexity index is 528. The van der Waals surface area contributed by atoms with E-state index in [4.69, 9.17) is 0 Å². The van der Waals surface area contributed by atoms with Crippen LogP contribution < -0.4 is 5.32 Å². The predicted molar refractivity (Wildman–Crippen MR) is 69.1 cm³/mol. The average molecular weight is 313 g/mol. The summed E-state index contributed by atoms with van der Waals surface area (Å²) in [6, 6.07) is 4.77. The van der Waals surface area contributed by atoms with Gasteiger partial charge < -0.3 is 10.4 Å². The number of carbonyl (C=O) groups excluding carboxylic acids is 1. The Morgan fingerprint density at radius 3 is 3.00 bits per heavy atom. The van der Waals surface area contributed by atoms with Crippen molar-refractivity contribution in [3.63, 3.8) is 0 Å². The minimum Gasteiger partial charge on any atom is -0.507 e. The van der Waals surface area contributed by atoms with Crippen molar-refractivity contribution in [3.05, 3.63) is 44.8 Å². The lowest BCUT2D eigenvalue weighted by molar-refractivity contribution is 0.0948. The molecule has 0 spiro atoms. The van der Waals surface area contributed by atoms with Gasteiger partial charge in [-0.2, -0.15) is 0 Å². The Morgan fingerprint density at radius 1 is 1.53 bits per heavy atom. The molecule has 0 aliphatic carbocycles. The van der Waals surface area contributed by atoms with Crippen LogP contribution in [0.4, 0.5) is 0 Å². The van der Waals surface area contributed by atoms with Gasteiger partial charge in [0.15, 0.2) is 0 Å². The van der Waals surface area contributed by atoms with E-state index in [9.17, 15) is 9.90 Å². The molecule has 6 heteroatoms. The largest absolute Gasteiger partial charge is 0.507 e. The summed E-state index contributed by atoms with van der Waals surface area (Å²) in [6.07, 6.45) is 1.70. The normalized spacial score (nSPS) is 10.2. The van der Waals surface area contributed by atoms with Gasteiger partial charge in [-0.15, -0.1) is 11.3 Å². The van der Waals surface area contributed by atoms with Crippen LogP contribution in [0.2, 0.25) is 0 Å². The summed E-state index contributed by atoms with van der Waals surface area (Å²) in [5.41, 5.74) is 1.97. The van der Waals surface area contributed by atoms with Crippen LogP contribution in [-0.4, -0.2) is 16.0 Å². The number of nitrogens with one attached hydrogen (secondary N) is 1. The molecule has 1 aromatic heterocycles. The molecule has 0 atom stereocenters. The zero-order valence-electron chi connectivity index (χ0n) is 8.68. The van der Waals surface area contributed by atoms with E-state index >= 15 is 0 Å². The second-order valence-electron chi connectivity index (χ2n) is 3.31. The number of hydrogen-bond donors (Lipinski definition) is 2. The fraction of sp³-hybridized carbons (Fsp3) is 0.0909. The Kier molecular flexibility index (Phi) is 3.75. The van der Waals surface area contributed by atoms with Crippen molar-refractivity contribution in [3.8, 4) is 5.75 Å². The molecule has 2 rings (SSSR count). The van der Waals surface area contributed by atoms with E-state index in [0.717, 1.165) is 9.35 Å². The summed E-state index contributed by atoms with van der Waals surface area (Å²) in [6.45, 7) is 0.416. The smallest absolute Gasteiger partial charge is 0.255 e. The van der Waals surface area contributed by atoms with Crippen LogP contribution in [0.1, 0.15) is 15.2 Å². The Balaban J connectivity index is 2.04. The van der Waals surface area contributed by atoms with Crippen molar-refractivity contribution in [2.45, 2.75) is 6.54 Å². The highest BCUT2D eigenvalue weighted by molar-refractivity contribution is 9.10. The third-order valence-electron chi connectivity index (χ3n) is 2.11. The van der Waals surface area contributed by atoms with Crippen LogP contribution in [0, 0.1) is 0 Å². The summed E-state index contributed by atoms with van der Waals surface area (Å²) >= 11 is 4.69. The highest BCUT2D eigenvalue weighted by Gasteiger charge is 2.10. The van der Waals surface area contributed by atoms with Gasteiger partial charge in [0, 0.05) is 15.5 Å². The van der Waals surface area contributed by atoms with Crippen molar-refractivity contribution >= 4 is 33.2 Å². The standard InChI is InChI=1S/C11H9BrN2O2S/c12-7-1-2-9(10(15)3-7)11(16)14-5-8-4-13-6-17-8/h1-4,6,15H,5H2,(H,14,16). The van der Waals surface area contributed by atoms with Crippen molar-refractivity contribution in [2.75, 3.05) is 0 Å². The van der Waals surface area contributed by atoms with Crippen LogP contribution in [0.15, 0.2) is 34.4 Å². The SMILES string of the molecule is O=C(NCc1cncs1)c1ccc(Br)cc1O. The second-order valence-corrected chi connectivity index (χ2v) is 5.20. The summed E-state index contributed by atoms with van der Waals surface area (Å²) in [7, 11) is 0. The molecule has 17 heavy (non-hydrogen) atoms. The zero-order chi connectivity index (χ0) is 12.3. The van der Waals surface area contributed by atoms with Gasteiger partial charge in [-0.3, -0.25) is 9.78 Å². The number of thiazole rings is 1. The summed E-state index contributed by atoms with van der Waals surface area (Å²) in [4.78, 5) is 16.7. The topological polar surface area (TPSA) is 62.2 Å². The molecule has 2 aromatic rings. The molecular formula is C11H9BrN2O2S. The Hall–Kier alpha value is -1.40. The number of phenolic OH excluding ortho intramolecular Hbond substituents is 1. The number of nitrogens with zero attached hydrogens (tertiary/aromatic N) is 1. The number of aromatic nitrogens is 1. The first-order chi connectivity index (χ1) is 8.16. The molecule has 0 aliphatic heterocycles. The van der Waals surface area contributed by atoms with Gasteiger partial charge >= 0.3 is 0 Å². The maximum absolute atomic E-state index is 11.8. The van der Waals surface area contributed by atoms with Crippen LogP contribution in [0.25, 0.3) is 0 Å². The highest BCUT2D eigenvalue weighted by Crippen LogP contribution is 2.22. The lowest BCUT2D eigenvalue weighted by Crippen LogP contribution is -2.22. The van der Waals surface area contributed by atoms with Gasteiger partial charge in [-0.1, -0.05) is 15.9 Å². The Labute approximate surface area is 110 Å². The van der Waals surface area contributed by atoms with E-state index in [0.29, 0.717) is 6.54 Å². The molecular weight excluding hydrogens is 304 g/mol. The first kappa shape index (κ1) is 12.1. The monoisotopic (exact) mass is 312 g/mol. The number of rotatable bonds is 3. The number of hydrogen-bond acceptors (Lipinski definition) is 4. The molecule has 4 nitrogen and oxygen atoms in total. The van der Waals surface area contributed by atoms with Crippen molar-refractivity contribution in [1.82, 2.24) is 10.3 Å². The van der Waals surface area contributed by atoms with Gasteiger partial charge in [0.1, 0.15) is 5.75 Å². The molecule has 0 saturated carbocycles. The fourth-order valence-corrected chi connectivity index (χ4v) is 2.17. The summed E-state index contributed by atoms with van der Waals surface area (Å²) < 4.78 is 0.731. The summed E-state index contributed by atoms with van der Waals surface area (Å²) in [5.74, 6) is -0.343. The quantitative estimate of drug-likeness (QED) is 0.915. The van der Waals surface area contributed by atoms with Crippen molar-refractivity contribution in [2.24, 2.45) is 0 Å². The molecule has 2 N–H and O–H groups in total. The molecule has 88 valence electrons. The Morgan fingerprint density at radius 2 is 2.35 bits per heavy atom. The minimum absolute atomic E-state index is 0.0406. The fourth-order valence-electron chi connectivity index (χ4n) is 1.29. The van der Waals surface area contributed by atoms with Crippen LogP contribution >= 0.6 is 27.3 Å². The molecule has 1 heterocycles. The first-order valence-electron chi connectivity index (χ1n) is 4.81. The zero-order valence-corrected chi connectivity index (χ0v) is 11.1. The molecule has 0 fully saturated rings. The maximum atomic E-state index is 11.8. The second kappa shape index (κ2) is 5.29. The lowest BCUT2D eigenvalue weighted by Gasteiger charge is -2.05. The molecule has 0 radical (unpaired) electrons. The van der Waals surface area contributed by atoms with E-state index in [2.05, 4.69) is 26.2 Å². The summed E-state index contributed by atoms with van der Waals surface area (Å²) in [5, 5.41) is 12.3. The predicted octanol–water partition coefficient (Wildman–Crippen LogP) is 2.54. The van der Waals surface area contributed by atoms with Gasteiger partial charge in [0.25, 0.3) is 5.91 Å². The van der Waals surface area contributed by atoms with E-state index in [1.165, 1.54) is 17.4 Å². The van der Waals surface area contributed by atoms with Crippen LogP contribution in [0.5, 0.6) is 5.75 Å². The maximum Gasteiger partial charge on any atom is 0.255 e. The van der Waals surface area contributed by atoms with Gasteiger partial charge in [0.05, 0.1) is 17.6 Å². The third kappa shape index (κ3) is 3.04. The molecule has 1 aromatic carbocycles. The van der Waals surface area contributed by atoms with Gasteiger partial charge in [0.2, 0.25) is 0 Å². The van der Waals surface area contributed by atoms with Crippen molar-refractivity contribution < 1.29 is 9.90 Å². The highest BCUT2D eigenvalue weighted by atomic mass is 79.9.